The summed E-state index contributed by atoms with van der Waals surface area (Å²) in [7, 11) is 0. The fourth-order valence-electron chi connectivity index (χ4n) is 3.76. The molecule has 2 N–H and O–H groups in total. The summed E-state index contributed by atoms with van der Waals surface area (Å²) in [6.45, 7) is 5.34. The van der Waals surface area contributed by atoms with Gasteiger partial charge in [0.05, 0.1) is 28.3 Å². The average molecular weight is 466 g/mol. The van der Waals surface area contributed by atoms with Crippen molar-refractivity contribution in [3.63, 3.8) is 0 Å². The molecule has 0 spiro atoms. The lowest BCUT2D eigenvalue weighted by Crippen LogP contribution is -2.27. The molecular weight excluding hydrogens is 442 g/mol. The van der Waals surface area contributed by atoms with Gasteiger partial charge in [-0.25, -0.2) is 0 Å². The van der Waals surface area contributed by atoms with Gasteiger partial charge in [-0.15, -0.1) is 0 Å². The van der Waals surface area contributed by atoms with Crippen LogP contribution >= 0.6 is 23.4 Å². The van der Waals surface area contributed by atoms with Gasteiger partial charge in [-0.1, -0.05) is 60.6 Å². The first-order valence-corrected chi connectivity index (χ1v) is 11.6. The number of benzene rings is 2. The molecule has 7 heteroatoms. The van der Waals surface area contributed by atoms with Crippen molar-refractivity contribution in [3.8, 4) is 6.07 Å². The fourth-order valence-corrected chi connectivity index (χ4v) is 4.77. The molecule has 0 aromatic heterocycles. The number of para-hydroxylation sites is 1. The molecule has 164 valence electrons. The van der Waals surface area contributed by atoms with Crippen LogP contribution in [0.5, 0.6) is 0 Å². The summed E-state index contributed by atoms with van der Waals surface area (Å²) < 4.78 is 0. The molecule has 0 saturated heterocycles. The number of rotatable bonds is 7. The zero-order valence-electron chi connectivity index (χ0n) is 18.2. The first-order valence-electron chi connectivity index (χ1n) is 10.2. The van der Waals surface area contributed by atoms with Crippen LogP contribution in [0.1, 0.15) is 37.8 Å². The second-order valence-electron chi connectivity index (χ2n) is 7.41. The summed E-state index contributed by atoms with van der Waals surface area (Å²) in [5, 5.41) is 17.3. The fraction of sp³-hybridized carbons (Fsp3) is 0.240. The van der Waals surface area contributed by atoms with Crippen LogP contribution < -0.4 is 10.6 Å². The summed E-state index contributed by atoms with van der Waals surface area (Å²) in [5.74, 6) is -0.658. The number of amides is 1. The van der Waals surface area contributed by atoms with E-state index in [9.17, 15) is 14.9 Å². The van der Waals surface area contributed by atoms with Gasteiger partial charge in [-0.05, 0) is 49.6 Å². The molecular formula is C25H24ClN3O2S. The number of aryl methyl sites for hydroxylation is 1. The van der Waals surface area contributed by atoms with Crippen LogP contribution in [-0.2, 0) is 16.0 Å². The van der Waals surface area contributed by atoms with Crippen LogP contribution in [0.2, 0.25) is 5.02 Å². The summed E-state index contributed by atoms with van der Waals surface area (Å²) in [4.78, 5) is 25.0. The second kappa shape index (κ2) is 10.5. The Morgan fingerprint density at radius 1 is 1.19 bits per heavy atom. The third-order valence-electron chi connectivity index (χ3n) is 5.25. The maximum atomic E-state index is 12.6. The minimum absolute atomic E-state index is 0.110. The maximum absolute atomic E-state index is 12.6. The lowest BCUT2D eigenvalue weighted by atomic mass is 9.81. The van der Waals surface area contributed by atoms with E-state index in [1.165, 1.54) is 18.7 Å². The van der Waals surface area contributed by atoms with Gasteiger partial charge in [0.25, 0.3) is 0 Å². The molecule has 1 heterocycles. The predicted molar refractivity (Wildman–Crippen MR) is 130 cm³/mol. The van der Waals surface area contributed by atoms with E-state index in [0.29, 0.717) is 26.9 Å². The Balaban J connectivity index is 1.87. The maximum Gasteiger partial charge on any atom is 0.234 e. The van der Waals surface area contributed by atoms with Crippen molar-refractivity contribution in [3.05, 3.63) is 86.6 Å². The Hall–Kier alpha value is -3.01. The Bertz CT molecular complexity index is 1150. The van der Waals surface area contributed by atoms with Crippen LogP contribution in [-0.4, -0.2) is 17.4 Å². The normalized spacial score (nSPS) is 15.8. The topological polar surface area (TPSA) is 82.0 Å². The molecule has 3 rings (SSSR count). The molecule has 1 amide bonds. The van der Waals surface area contributed by atoms with Crippen LogP contribution in [0.25, 0.3) is 0 Å². The summed E-state index contributed by atoms with van der Waals surface area (Å²) in [6, 6.07) is 17.1. The van der Waals surface area contributed by atoms with Gasteiger partial charge in [-0.2, -0.15) is 5.26 Å². The van der Waals surface area contributed by atoms with Crippen molar-refractivity contribution in [2.45, 2.75) is 33.1 Å². The number of dihydropyridines is 1. The molecule has 2 aromatic rings. The number of hydrogen-bond donors (Lipinski definition) is 2. The van der Waals surface area contributed by atoms with Crippen LogP contribution in [0.3, 0.4) is 0 Å². The van der Waals surface area contributed by atoms with E-state index in [2.05, 4.69) is 16.7 Å². The average Bonchev–Trinajstić information content (AvgIpc) is 2.77. The highest BCUT2D eigenvalue weighted by Gasteiger charge is 2.33. The Morgan fingerprint density at radius 3 is 2.50 bits per heavy atom. The zero-order chi connectivity index (χ0) is 23.3. The van der Waals surface area contributed by atoms with Crippen LogP contribution in [0, 0.1) is 11.3 Å². The first kappa shape index (κ1) is 23.6. The molecule has 0 aliphatic carbocycles. The van der Waals surface area contributed by atoms with Crippen molar-refractivity contribution in [2.75, 3.05) is 11.1 Å². The van der Waals surface area contributed by atoms with Gasteiger partial charge in [0.15, 0.2) is 5.78 Å². The SMILES string of the molecule is CCc1ccccc1NC(=O)CSC1=C(C#N)[C@@H](c2ccc(Cl)cc2)C(C(C)=O)=C(C)N1. The van der Waals surface area contributed by atoms with Gasteiger partial charge in [0, 0.05) is 22.0 Å². The summed E-state index contributed by atoms with van der Waals surface area (Å²) >= 11 is 7.29. The molecule has 2 aromatic carbocycles. The quantitative estimate of drug-likeness (QED) is 0.559. The zero-order valence-corrected chi connectivity index (χ0v) is 19.7. The Kier molecular flexibility index (Phi) is 7.79. The number of Topliss-reactive ketones (excluding diaryl/α,β-unsaturated/α-hetero) is 1. The molecule has 0 saturated carbocycles. The third kappa shape index (κ3) is 5.24. The standard InChI is InChI=1S/C25H24ClN3O2S/c1-4-17-7-5-6-8-21(17)29-22(31)14-32-25-20(13-27)24(18-9-11-19(26)12-10-18)23(16(3)30)15(2)28-25/h5-12,24,28H,4,14H2,1-3H3,(H,29,31)/t24-/m1/s1. The van der Waals surface area contributed by atoms with E-state index < -0.39 is 5.92 Å². The molecule has 0 radical (unpaired) electrons. The van der Waals surface area contributed by atoms with Crippen molar-refractivity contribution < 1.29 is 9.59 Å². The van der Waals surface area contributed by atoms with E-state index in [4.69, 9.17) is 11.6 Å². The van der Waals surface area contributed by atoms with Crippen molar-refractivity contribution >= 4 is 40.7 Å². The molecule has 0 bridgehead atoms. The van der Waals surface area contributed by atoms with Gasteiger partial charge in [0.2, 0.25) is 5.91 Å². The first-order chi connectivity index (χ1) is 15.3. The third-order valence-corrected chi connectivity index (χ3v) is 6.52. The van der Waals surface area contributed by atoms with E-state index in [1.54, 1.807) is 12.1 Å². The molecule has 32 heavy (non-hydrogen) atoms. The summed E-state index contributed by atoms with van der Waals surface area (Å²) in [5.41, 5.74) is 4.28. The predicted octanol–water partition coefficient (Wildman–Crippen LogP) is 5.56. The van der Waals surface area contributed by atoms with Crippen molar-refractivity contribution in [1.82, 2.24) is 5.32 Å². The number of hydrogen-bond acceptors (Lipinski definition) is 5. The smallest absolute Gasteiger partial charge is 0.234 e. The largest absolute Gasteiger partial charge is 0.353 e. The highest BCUT2D eigenvalue weighted by atomic mass is 35.5. The molecule has 1 atom stereocenters. The summed E-state index contributed by atoms with van der Waals surface area (Å²) in [6.07, 6.45) is 0.815. The number of carbonyl (C=O) groups is 2. The number of nitriles is 1. The number of thioether (sulfide) groups is 1. The number of ketones is 1. The van der Waals surface area contributed by atoms with E-state index in [1.807, 2.05) is 50.2 Å². The minimum Gasteiger partial charge on any atom is -0.353 e. The number of nitrogens with one attached hydrogen (secondary N) is 2. The highest BCUT2D eigenvalue weighted by molar-refractivity contribution is 8.03. The second-order valence-corrected chi connectivity index (χ2v) is 8.83. The Morgan fingerprint density at radius 2 is 1.88 bits per heavy atom. The van der Waals surface area contributed by atoms with E-state index in [0.717, 1.165) is 23.2 Å². The lowest BCUT2D eigenvalue weighted by Gasteiger charge is -2.29. The van der Waals surface area contributed by atoms with E-state index >= 15 is 0 Å². The lowest BCUT2D eigenvalue weighted by molar-refractivity contribution is -0.114. The van der Waals surface area contributed by atoms with Gasteiger partial charge in [0.1, 0.15) is 0 Å². The number of nitrogens with zero attached hydrogens (tertiary/aromatic N) is 1. The number of allylic oxidation sites excluding steroid dienone is 3. The molecule has 1 aliphatic heterocycles. The molecule has 0 unspecified atom stereocenters. The molecule has 5 nitrogen and oxygen atoms in total. The Labute approximate surface area is 197 Å². The number of halogens is 1. The van der Waals surface area contributed by atoms with Crippen molar-refractivity contribution in [2.24, 2.45) is 0 Å². The highest BCUT2D eigenvalue weighted by Crippen LogP contribution is 2.41. The van der Waals surface area contributed by atoms with Crippen LogP contribution in [0.4, 0.5) is 5.69 Å². The molecule has 0 fully saturated rings. The van der Waals surface area contributed by atoms with Gasteiger partial charge >= 0.3 is 0 Å². The monoisotopic (exact) mass is 465 g/mol. The van der Waals surface area contributed by atoms with E-state index in [-0.39, 0.29) is 17.4 Å². The number of anilines is 1. The number of carbonyl (C=O) groups excluding carboxylic acids is 2. The minimum atomic E-state index is -0.512. The molecule has 1 aliphatic rings. The van der Waals surface area contributed by atoms with Crippen molar-refractivity contribution in [1.29, 1.82) is 5.26 Å². The van der Waals surface area contributed by atoms with Crippen LogP contribution in [0.15, 0.2) is 70.4 Å². The van der Waals surface area contributed by atoms with Gasteiger partial charge in [-0.3, -0.25) is 9.59 Å². The van der Waals surface area contributed by atoms with Gasteiger partial charge < -0.3 is 10.6 Å².